The number of nitrogens with one attached hydrogen (secondary N) is 1. The topological polar surface area (TPSA) is 83.4 Å². The minimum absolute atomic E-state index is 0.0875. The zero-order chi connectivity index (χ0) is 22.8. The average Bonchev–Trinajstić information content (AvgIpc) is 3.16. The normalized spacial score (nSPS) is 18.8. The third kappa shape index (κ3) is 4.14. The van der Waals surface area contributed by atoms with Gasteiger partial charge in [-0.1, -0.05) is 50.2 Å². The number of thioether (sulfide) groups is 1. The highest BCUT2D eigenvalue weighted by Crippen LogP contribution is 2.36. The first-order valence-electron chi connectivity index (χ1n) is 10.6. The van der Waals surface area contributed by atoms with Crippen molar-refractivity contribution in [2.24, 2.45) is 15.9 Å². The average molecular weight is 451 g/mol. The maximum Gasteiger partial charge on any atom is 0.259 e. The first kappa shape index (κ1) is 22.1. The Bertz CT molecular complexity index is 1110. The first-order valence-corrected chi connectivity index (χ1v) is 11.5. The van der Waals surface area contributed by atoms with E-state index in [1.54, 1.807) is 31.1 Å². The van der Waals surface area contributed by atoms with Gasteiger partial charge in [-0.3, -0.25) is 14.6 Å². The first-order chi connectivity index (χ1) is 15.4. The maximum atomic E-state index is 13.3. The summed E-state index contributed by atoms with van der Waals surface area (Å²) in [6, 6.07) is 14.4. The van der Waals surface area contributed by atoms with Crippen LogP contribution >= 0.6 is 11.8 Å². The lowest BCUT2D eigenvalue weighted by molar-refractivity contribution is -0.125. The van der Waals surface area contributed by atoms with Gasteiger partial charge in [0.15, 0.2) is 5.17 Å². The number of fused-ring (bicyclic) bond motifs is 3. The van der Waals surface area contributed by atoms with Crippen molar-refractivity contribution in [2.75, 3.05) is 12.4 Å². The van der Waals surface area contributed by atoms with Crippen LogP contribution in [0.5, 0.6) is 5.75 Å². The standard InChI is InChI=1S/C24H26N4O3S/c1-5-14(2)20-23(30)28-21(27-20)18-11-6-7-12-19(18)26-24(28)32-15(3)22(29)25-16-9-8-10-17(13-16)31-4/h6-15,20H,5H2,1-4H3,(H,25,29)/t14-,15+,20-/m0/s1. The van der Waals surface area contributed by atoms with Crippen LogP contribution in [0.2, 0.25) is 0 Å². The summed E-state index contributed by atoms with van der Waals surface area (Å²) in [5, 5.41) is 2.90. The number of carbonyl (C=O) groups is 2. The van der Waals surface area contributed by atoms with Crippen molar-refractivity contribution >= 4 is 46.0 Å². The van der Waals surface area contributed by atoms with Crippen LogP contribution < -0.4 is 10.1 Å². The van der Waals surface area contributed by atoms with Crippen LogP contribution in [-0.2, 0) is 9.59 Å². The summed E-state index contributed by atoms with van der Waals surface area (Å²) in [4.78, 5) is 37.2. The van der Waals surface area contributed by atoms with Gasteiger partial charge < -0.3 is 10.1 Å². The second-order valence-corrected chi connectivity index (χ2v) is 9.16. The lowest BCUT2D eigenvalue weighted by Crippen LogP contribution is -2.43. The number of ether oxygens (including phenoxy) is 1. The molecule has 0 aliphatic carbocycles. The number of amidine groups is 2. The van der Waals surface area contributed by atoms with E-state index in [0.29, 0.717) is 22.4 Å². The van der Waals surface area contributed by atoms with E-state index in [4.69, 9.17) is 14.7 Å². The van der Waals surface area contributed by atoms with Crippen molar-refractivity contribution in [1.82, 2.24) is 4.90 Å². The second kappa shape index (κ2) is 9.16. The molecule has 2 aliphatic heterocycles. The summed E-state index contributed by atoms with van der Waals surface area (Å²) in [6.07, 6.45) is 0.849. The lowest BCUT2D eigenvalue weighted by atomic mass is 10.00. The highest BCUT2D eigenvalue weighted by molar-refractivity contribution is 8.15. The molecule has 0 saturated carbocycles. The molecule has 0 unspecified atom stereocenters. The molecule has 2 amide bonds. The summed E-state index contributed by atoms with van der Waals surface area (Å²) >= 11 is 1.25. The van der Waals surface area contributed by atoms with E-state index in [1.807, 2.05) is 43.3 Å². The van der Waals surface area contributed by atoms with Crippen molar-refractivity contribution < 1.29 is 14.3 Å². The number of hydrogen-bond donors (Lipinski definition) is 1. The number of carbonyl (C=O) groups excluding carboxylic acids is 2. The molecule has 0 bridgehead atoms. The summed E-state index contributed by atoms with van der Waals surface area (Å²) < 4.78 is 5.22. The molecule has 166 valence electrons. The molecule has 3 atom stereocenters. The van der Waals surface area contributed by atoms with Crippen molar-refractivity contribution in [3.8, 4) is 5.75 Å². The van der Waals surface area contributed by atoms with E-state index in [1.165, 1.54) is 11.8 Å². The summed E-state index contributed by atoms with van der Waals surface area (Å²) in [5.74, 6) is 1.13. The van der Waals surface area contributed by atoms with Gasteiger partial charge in [0.1, 0.15) is 17.6 Å². The minimum atomic E-state index is -0.484. The largest absolute Gasteiger partial charge is 0.497 e. The van der Waals surface area contributed by atoms with Crippen LogP contribution in [0.1, 0.15) is 32.8 Å². The van der Waals surface area contributed by atoms with Crippen LogP contribution in [0.25, 0.3) is 0 Å². The monoisotopic (exact) mass is 450 g/mol. The van der Waals surface area contributed by atoms with E-state index < -0.39 is 11.3 Å². The fraction of sp³-hybridized carbons (Fsp3) is 0.333. The number of aliphatic imine (C=N–C) groups is 2. The third-order valence-corrected chi connectivity index (χ3v) is 6.72. The molecule has 2 aliphatic rings. The van der Waals surface area contributed by atoms with Crippen molar-refractivity contribution in [1.29, 1.82) is 0 Å². The molecule has 2 aromatic rings. The lowest BCUT2D eigenvalue weighted by Gasteiger charge is -2.27. The molecule has 0 spiro atoms. The van der Waals surface area contributed by atoms with Gasteiger partial charge in [-0.05, 0) is 37.1 Å². The molecule has 0 fully saturated rings. The minimum Gasteiger partial charge on any atom is -0.497 e. The van der Waals surface area contributed by atoms with Gasteiger partial charge in [-0.2, -0.15) is 0 Å². The highest BCUT2D eigenvalue weighted by atomic mass is 32.2. The van der Waals surface area contributed by atoms with Gasteiger partial charge in [-0.15, -0.1) is 0 Å². The number of hydrogen-bond acceptors (Lipinski definition) is 6. The summed E-state index contributed by atoms with van der Waals surface area (Å²) in [7, 11) is 1.58. The fourth-order valence-corrected chi connectivity index (χ4v) is 4.51. The van der Waals surface area contributed by atoms with Gasteiger partial charge in [0.05, 0.1) is 18.0 Å². The summed E-state index contributed by atoms with van der Waals surface area (Å²) in [5.41, 5.74) is 2.24. The Labute approximate surface area is 192 Å². The Morgan fingerprint density at radius 2 is 2.00 bits per heavy atom. The Hall–Kier alpha value is -3.13. The number of benzene rings is 2. The number of rotatable bonds is 6. The zero-order valence-corrected chi connectivity index (χ0v) is 19.3. The van der Waals surface area contributed by atoms with Gasteiger partial charge in [0, 0.05) is 17.3 Å². The predicted molar refractivity (Wildman–Crippen MR) is 129 cm³/mol. The quantitative estimate of drug-likeness (QED) is 0.704. The number of anilines is 1. The molecule has 7 nitrogen and oxygen atoms in total. The Morgan fingerprint density at radius 1 is 1.22 bits per heavy atom. The van der Waals surface area contributed by atoms with E-state index in [2.05, 4.69) is 12.2 Å². The molecule has 1 N–H and O–H groups in total. The molecule has 2 aromatic carbocycles. The van der Waals surface area contributed by atoms with Crippen molar-refractivity contribution in [2.45, 2.75) is 38.5 Å². The SMILES string of the molecule is CC[C@H](C)[C@@H]1N=C2c3ccccc3N=C(S[C@H](C)C(=O)Nc3cccc(OC)c3)N2C1=O. The molecule has 0 radical (unpaired) electrons. The van der Waals surface area contributed by atoms with E-state index >= 15 is 0 Å². The van der Waals surface area contributed by atoms with Gasteiger partial charge in [0.2, 0.25) is 5.91 Å². The highest BCUT2D eigenvalue weighted by Gasteiger charge is 2.43. The van der Waals surface area contributed by atoms with Crippen molar-refractivity contribution in [3.63, 3.8) is 0 Å². The Balaban J connectivity index is 1.59. The molecular weight excluding hydrogens is 424 g/mol. The van der Waals surface area contributed by atoms with Gasteiger partial charge >= 0.3 is 0 Å². The smallest absolute Gasteiger partial charge is 0.259 e. The molecule has 4 rings (SSSR count). The Kier molecular flexibility index (Phi) is 6.32. The van der Waals surface area contributed by atoms with Crippen LogP contribution in [0.4, 0.5) is 11.4 Å². The second-order valence-electron chi connectivity index (χ2n) is 7.85. The van der Waals surface area contributed by atoms with E-state index in [-0.39, 0.29) is 17.7 Å². The number of amides is 2. The zero-order valence-electron chi connectivity index (χ0n) is 18.5. The summed E-state index contributed by atoms with van der Waals surface area (Å²) in [6.45, 7) is 5.88. The molecule has 2 heterocycles. The Morgan fingerprint density at radius 3 is 2.75 bits per heavy atom. The molecule has 0 saturated heterocycles. The van der Waals surface area contributed by atoms with Gasteiger partial charge in [-0.25, -0.2) is 9.89 Å². The van der Waals surface area contributed by atoms with Crippen molar-refractivity contribution in [3.05, 3.63) is 54.1 Å². The van der Waals surface area contributed by atoms with E-state index in [0.717, 1.165) is 17.7 Å². The van der Waals surface area contributed by atoms with E-state index in [9.17, 15) is 9.59 Å². The molecule has 32 heavy (non-hydrogen) atoms. The fourth-order valence-electron chi connectivity index (χ4n) is 3.60. The maximum absolute atomic E-state index is 13.3. The van der Waals surface area contributed by atoms with Crippen LogP contribution in [0.3, 0.4) is 0 Å². The third-order valence-electron chi connectivity index (χ3n) is 5.67. The molecule has 8 heteroatoms. The molecular formula is C24H26N4O3S. The number of nitrogens with zero attached hydrogens (tertiary/aromatic N) is 3. The number of methoxy groups -OCH3 is 1. The van der Waals surface area contributed by atoms with Gasteiger partial charge in [0.25, 0.3) is 5.91 Å². The predicted octanol–water partition coefficient (Wildman–Crippen LogP) is 4.46. The van der Waals surface area contributed by atoms with Crippen LogP contribution in [0, 0.1) is 5.92 Å². The van der Waals surface area contributed by atoms with Crippen LogP contribution in [-0.4, -0.2) is 46.1 Å². The molecule has 0 aromatic heterocycles. The number of para-hydroxylation sites is 1. The van der Waals surface area contributed by atoms with Crippen LogP contribution in [0.15, 0.2) is 58.5 Å².